The minimum absolute atomic E-state index is 0.200. The predicted molar refractivity (Wildman–Crippen MR) is 105 cm³/mol. The minimum Gasteiger partial charge on any atom is -0.350 e. The summed E-state index contributed by atoms with van der Waals surface area (Å²) in [6.07, 6.45) is 0. The highest BCUT2D eigenvalue weighted by molar-refractivity contribution is 6.36. The Morgan fingerprint density at radius 1 is 0.846 bits per heavy atom. The Kier molecular flexibility index (Phi) is 4.68. The molecular weight excluding hydrogens is 324 g/mol. The number of anilines is 1. The number of hydrogen-bond donors (Lipinski definition) is 1. The van der Waals surface area contributed by atoms with Crippen LogP contribution in [0.4, 0.5) is 5.69 Å². The molecule has 4 nitrogen and oxygen atoms in total. The van der Waals surface area contributed by atoms with Crippen LogP contribution in [0, 0.1) is 20.8 Å². The summed E-state index contributed by atoms with van der Waals surface area (Å²) >= 11 is 0. The van der Waals surface area contributed by atoms with E-state index < -0.39 is 0 Å². The number of hydrogen-bond acceptors (Lipinski definition) is 3. The van der Waals surface area contributed by atoms with E-state index in [1.807, 2.05) is 77.1 Å². The molecule has 1 heterocycles. The summed E-state index contributed by atoms with van der Waals surface area (Å²) in [6, 6.07) is 13.4. The van der Waals surface area contributed by atoms with E-state index in [9.17, 15) is 9.59 Å². The van der Waals surface area contributed by atoms with Crippen molar-refractivity contribution in [1.29, 1.82) is 0 Å². The van der Waals surface area contributed by atoms with Crippen molar-refractivity contribution >= 4 is 23.1 Å². The monoisotopic (exact) mass is 348 g/mol. The molecule has 0 aliphatic carbocycles. The fourth-order valence-electron chi connectivity index (χ4n) is 3.08. The molecule has 0 radical (unpaired) electrons. The van der Waals surface area contributed by atoms with Crippen LogP contribution in [-0.4, -0.2) is 22.8 Å². The topological polar surface area (TPSA) is 49.4 Å². The van der Waals surface area contributed by atoms with E-state index in [0.29, 0.717) is 11.3 Å². The molecule has 1 N–H and O–H groups in total. The SMILES string of the molecule is Cc1ccc(C2=C(Nc3ccc(C)c(C)c3)C(=O)N(C(C)C)C2=O)cc1. The normalized spacial score (nSPS) is 14.6. The lowest BCUT2D eigenvalue weighted by molar-refractivity contribution is -0.138. The maximum atomic E-state index is 13.0. The van der Waals surface area contributed by atoms with Gasteiger partial charge in [0.25, 0.3) is 11.8 Å². The summed E-state index contributed by atoms with van der Waals surface area (Å²) < 4.78 is 0. The molecule has 0 bridgehead atoms. The maximum absolute atomic E-state index is 13.0. The largest absolute Gasteiger partial charge is 0.350 e. The van der Waals surface area contributed by atoms with Crippen LogP contribution in [0.25, 0.3) is 5.57 Å². The highest BCUT2D eigenvalue weighted by atomic mass is 16.2. The lowest BCUT2D eigenvalue weighted by Crippen LogP contribution is -2.38. The van der Waals surface area contributed by atoms with Crippen molar-refractivity contribution in [2.24, 2.45) is 0 Å². The molecule has 134 valence electrons. The molecule has 0 aromatic heterocycles. The minimum atomic E-state index is -0.279. The van der Waals surface area contributed by atoms with Gasteiger partial charge in [-0.15, -0.1) is 0 Å². The number of nitrogens with one attached hydrogen (secondary N) is 1. The summed E-state index contributed by atoms with van der Waals surface area (Å²) in [5.74, 6) is -0.529. The number of carbonyl (C=O) groups excluding carboxylic acids is 2. The Labute approximate surface area is 154 Å². The van der Waals surface area contributed by atoms with E-state index in [-0.39, 0.29) is 17.9 Å². The third kappa shape index (κ3) is 3.15. The van der Waals surface area contributed by atoms with Gasteiger partial charge in [0.2, 0.25) is 0 Å². The van der Waals surface area contributed by atoms with Crippen LogP contribution in [0.1, 0.15) is 36.1 Å². The smallest absolute Gasteiger partial charge is 0.278 e. The Hall–Kier alpha value is -2.88. The van der Waals surface area contributed by atoms with Gasteiger partial charge in [-0.1, -0.05) is 35.9 Å². The van der Waals surface area contributed by atoms with Crippen LogP contribution in [0.15, 0.2) is 48.2 Å². The average Bonchev–Trinajstić information content (AvgIpc) is 2.82. The van der Waals surface area contributed by atoms with Crippen molar-refractivity contribution in [3.05, 3.63) is 70.4 Å². The van der Waals surface area contributed by atoms with E-state index in [1.54, 1.807) is 0 Å². The highest BCUT2D eigenvalue weighted by Crippen LogP contribution is 2.32. The molecule has 1 aliphatic heterocycles. The second kappa shape index (κ2) is 6.79. The third-order valence-corrected chi connectivity index (χ3v) is 4.75. The van der Waals surface area contributed by atoms with Crippen LogP contribution >= 0.6 is 0 Å². The first-order chi connectivity index (χ1) is 12.3. The van der Waals surface area contributed by atoms with Gasteiger partial charge in [0, 0.05) is 11.7 Å². The van der Waals surface area contributed by atoms with E-state index >= 15 is 0 Å². The van der Waals surface area contributed by atoms with Gasteiger partial charge < -0.3 is 5.32 Å². The van der Waals surface area contributed by atoms with Crippen molar-refractivity contribution < 1.29 is 9.59 Å². The number of rotatable bonds is 4. The Morgan fingerprint density at radius 2 is 1.50 bits per heavy atom. The van der Waals surface area contributed by atoms with Crippen LogP contribution < -0.4 is 5.32 Å². The van der Waals surface area contributed by atoms with Crippen LogP contribution in [0.2, 0.25) is 0 Å². The summed E-state index contributed by atoms with van der Waals surface area (Å²) in [5.41, 5.74) is 5.75. The van der Waals surface area contributed by atoms with Crippen molar-refractivity contribution in [2.75, 3.05) is 5.32 Å². The van der Waals surface area contributed by atoms with E-state index in [4.69, 9.17) is 0 Å². The van der Waals surface area contributed by atoms with E-state index in [2.05, 4.69) is 5.32 Å². The molecular formula is C22H24N2O2. The number of benzene rings is 2. The first-order valence-corrected chi connectivity index (χ1v) is 8.83. The van der Waals surface area contributed by atoms with Gasteiger partial charge in [0.15, 0.2) is 0 Å². The molecule has 2 aromatic rings. The first-order valence-electron chi connectivity index (χ1n) is 8.83. The summed E-state index contributed by atoms with van der Waals surface area (Å²) in [6.45, 7) is 9.76. The quantitative estimate of drug-likeness (QED) is 0.842. The molecule has 2 amide bonds. The third-order valence-electron chi connectivity index (χ3n) is 4.75. The highest BCUT2D eigenvalue weighted by Gasteiger charge is 2.40. The van der Waals surface area contributed by atoms with Crippen molar-refractivity contribution in [3.8, 4) is 0 Å². The Balaban J connectivity index is 2.10. The summed E-state index contributed by atoms with van der Waals surface area (Å²) in [5, 5.41) is 3.20. The lowest BCUT2D eigenvalue weighted by atomic mass is 10.0. The van der Waals surface area contributed by atoms with Gasteiger partial charge in [-0.05, 0) is 63.4 Å². The number of carbonyl (C=O) groups is 2. The molecule has 0 fully saturated rings. The molecule has 0 saturated carbocycles. The average molecular weight is 348 g/mol. The Bertz CT molecular complexity index is 908. The number of amides is 2. The molecule has 0 unspecified atom stereocenters. The zero-order valence-electron chi connectivity index (χ0n) is 15.9. The van der Waals surface area contributed by atoms with Gasteiger partial charge in [-0.3, -0.25) is 14.5 Å². The number of imide groups is 1. The van der Waals surface area contributed by atoms with Gasteiger partial charge in [0.1, 0.15) is 5.70 Å². The van der Waals surface area contributed by atoms with Crippen molar-refractivity contribution in [3.63, 3.8) is 0 Å². The second-order valence-electron chi connectivity index (χ2n) is 7.11. The van der Waals surface area contributed by atoms with Gasteiger partial charge in [-0.25, -0.2) is 0 Å². The zero-order chi connectivity index (χ0) is 19.0. The lowest BCUT2D eigenvalue weighted by Gasteiger charge is -2.19. The standard InChI is InChI=1S/C22H24N2O2/c1-13(2)24-21(25)19(17-9-6-14(3)7-10-17)20(22(24)26)23-18-11-8-15(4)16(5)12-18/h6-13,23H,1-5H3. The maximum Gasteiger partial charge on any atom is 0.278 e. The molecule has 0 saturated heterocycles. The molecule has 4 heteroatoms. The molecule has 3 rings (SSSR count). The summed E-state index contributed by atoms with van der Waals surface area (Å²) in [7, 11) is 0. The van der Waals surface area contributed by atoms with Gasteiger partial charge >= 0.3 is 0 Å². The van der Waals surface area contributed by atoms with Crippen molar-refractivity contribution in [2.45, 2.75) is 40.7 Å². The van der Waals surface area contributed by atoms with Crippen LogP contribution in [0.3, 0.4) is 0 Å². The fourth-order valence-corrected chi connectivity index (χ4v) is 3.08. The number of aryl methyl sites for hydroxylation is 3. The number of nitrogens with zero attached hydrogens (tertiary/aromatic N) is 1. The molecule has 0 spiro atoms. The fraction of sp³-hybridized carbons (Fsp3) is 0.273. The molecule has 0 atom stereocenters. The van der Waals surface area contributed by atoms with Crippen LogP contribution in [-0.2, 0) is 9.59 Å². The molecule has 2 aromatic carbocycles. The first kappa shape index (κ1) is 17.9. The molecule has 1 aliphatic rings. The zero-order valence-corrected chi connectivity index (χ0v) is 15.9. The van der Waals surface area contributed by atoms with Crippen molar-refractivity contribution in [1.82, 2.24) is 4.90 Å². The van der Waals surface area contributed by atoms with E-state index in [1.165, 1.54) is 10.5 Å². The Morgan fingerprint density at radius 3 is 2.08 bits per heavy atom. The summed E-state index contributed by atoms with van der Waals surface area (Å²) in [4.78, 5) is 27.2. The van der Waals surface area contributed by atoms with Gasteiger partial charge in [-0.2, -0.15) is 0 Å². The van der Waals surface area contributed by atoms with Gasteiger partial charge in [0.05, 0.1) is 5.57 Å². The second-order valence-corrected chi connectivity index (χ2v) is 7.11. The van der Waals surface area contributed by atoms with Crippen LogP contribution in [0.5, 0.6) is 0 Å². The van der Waals surface area contributed by atoms with E-state index in [0.717, 1.165) is 22.4 Å². The predicted octanol–water partition coefficient (Wildman–Crippen LogP) is 4.21. The molecule has 26 heavy (non-hydrogen) atoms.